The smallest absolute Gasteiger partial charge is 0.241 e. The molecule has 0 aromatic heterocycles. The lowest BCUT2D eigenvalue weighted by molar-refractivity contribution is -0.117. The molecule has 7 heteroatoms. The first-order valence-electron chi connectivity index (χ1n) is 8.80. The van der Waals surface area contributed by atoms with E-state index in [0.29, 0.717) is 11.6 Å². The van der Waals surface area contributed by atoms with Gasteiger partial charge in [0.1, 0.15) is 15.6 Å². The Kier molecular flexibility index (Phi) is 7.25. The lowest BCUT2D eigenvalue weighted by atomic mass is 9.90. The van der Waals surface area contributed by atoms with Crippen LogP contribution in [0.1, 0.15) is 38.5 Å². The number of ether oxygens (including phenoxy) is 1. The molecule has 1 aliphatic carbocycles. The standard InChI is InChI=1S/C18H28N2O4S/c1-25(22,23)12-11-17(19)18(21)20-15-7-9-16(10-8-15)24-13-14-5-3-2-4-6-14/h7-10,14,17H,2-6,11-13,19H2,1H3,(H,20,21). The highest BCUT2D eigenvalue weighted by atomic mass is 32.2. The topological polar surface area (TPSA) is 98.5 Å². The summed E-state index contributed by atoms with van der Waals surface area (Å²) in [6.45, 7) is 0.738. The van der Waals surface area contributed by atoms with Crippen molar-refractivity contribution in [3.8, 4) is 5.75 Å². The van der Waals surface area contributed by atoms with Gasteiger partial charge in [-0.1, -0.05) is 19.3 Å². The van der Waals surface area contributed by atoms with Crippen LogP contribution in [0.25, 0.3) is 0 Å². The lowest BCUT2D eigenvalue weighted by Crippen LogP contribution is -2.37. The number of carbonyl (C=O) groups excluding carboxylic acids is 1. The third-order valence-corrected chi connectivity index (χ3v) is 5.45. The molecule has 1 aromatic carbocycles. The zero-order valence-electron chi connectivity index (χ0n) is 14.7. The van der Waals surface area contributed by atoms with Crippen molar-refractivity contribution in [2.45, 2.75) is 44.6 Å². The molecule has 0 aliphatic heterocycles. The molecule has 2 rings (SSSR count). The van der Waals surface area contributed by atoms with E-state index in [-0.39, 0.29) is 18.1 Å². The first-order valence-corrected chi connectivity index (χ1v) is 10.9. The van der Waals surface area contributed by atoms with Crippen molar-refractivity contribution in [1.29, 1.82) is 0 Å². The molecule has 0 spiro atoms. The van der Waals surface area contributed by atoms with Crippen LogP contribution < -0.4 is 15.8 Å². The number of carbonyl (C=O) groups is 1. The molecule has 3 N–H and O–H groups in total. The summed E-state index contributed by atoms with van der Waals surface area (Å²) >= 11 is 0. The molecule has 25 heavy (non-hydrogen) atoms. The summed E-state index contributed by atoms with van der Waals surface area (Å²) in [4.78, 5) is 12.0. The van der Waals surface area contributed by atoms with Gasteiger partial charge in [-0.05, 0) is 49.4 Å². The van der Waals surface area contributed by atoms with Gasteiger partial charge >= 0.3 is 0 Å². The maximum atomic E-state index is 12.0. The average molecular weight is 368 g/mol. The summed E-state index contributed by atoms with van der Waals surface area (Å²) in [7, 11) is -3.12. The van der Waals surface area contributed by atoms with E-state index in [1.54, 1.807) is 12.1 Å². The van der Waals surface area contributed by atoms with Gasteiger partial charge in [0.2, 0.25) is 5.91 Å². The molecule has 0 heterocycles. The second kappa shape index (κ2) is 9.20. The summed E-state index contributed by atoms with van der Waals surface area (Å²) < 4.78 is 28.1. The van der Waals surface area contributed by atoms with Crippen LogP contribution in [0.5, 0.6) is 5.75 Å². The largest absolute Gasteiger partial charge is 0.493 e. The molecule has 1 amide bonds. The van der Waals surface area contributed by atoms with Gasteiger partial charge < -0.3 is 15.8 Å². The highest BCUT2D eigenvalue weighted by molar-refractivity contribution is 7.90. The van der Waals surface area contributed by atoms with E-state index in [9.17, 15) is 13.2 Å². The second-order valence-corrected chi connectivity index (χ2v) is 9.11. The molecule has 1 saturated carbocycles. The molecule has 0 bridgehead atoms. The van der Waals surface area contributed by atoms with Crippen molar-refractivity contribution in [3.63, 3.8) is 0 Å². The Balaban J connectivity index is 1.77. The van der Waals surface area contributed by atoms with Gasteiger partial charge in [0, 0.05) is 11.9 Å². The summed E-state index contributed by atoms with van der Waals surface area (Å²) in [5.41, 5.74) is 6.35. The normalized spacial score (nSPS) is 17.0. The Morgan fingerprint density at radius 3 is 2.48 bits per heavy atom. The van der Waals surface area contributed by atoms with Crippen molar-refractivity contribution < 1.29 is 17.9 Å². The van der Waals surface area contributed by atoms with Crippen molar-refractivity contribution in [2.24, 2.45) is 11.7 Å². The first kappa shape index (κ1) is 19.7. The Hall–Kier alpha value is -1.60. The molecule has 1 fully saturated rings. The van der Waals surface area contributed by atoms with Crippen molar-refractivity contribution in [2.75, 3.05) is 23.9 Å². The molecule has 1 aliphatic rings. The van der Waals surface area contributed by atoms with Crippen LogP contribution >= 0.6 is 0 Å². The maximum absolute atomic E-state index is 12.0. The number of sulfone groups is 1. The van der Waals surface area contributed by atoms with Crippen LogP contribution in [0.4, 0.5) is 5.69 Å². The van der Waals surface area contributed by atoms with E-state index in [0.717, 1.165) is 18.6 Å². The van der Waals surface area contributed by atoms with Gasteiger partial charge in [-0.2, -0.15) is 0 Å². The summed E-state index contributed by atoms with van der Waals surface area (Å²) in [6.07, 6.45) is 7.62. The molecule has 1 aromatic rings. The maximum Gasteiger partial charge on any atom is 0.241 e. The van der Waals surface area contributed by atoms with E-state index in [2.05, 4.69) is 5.32 Å². The van der Waals surface area contributed by atoms with Crippen LogP contribution in [0, 0.1) is 5.92 Å². The molecule has 0 saturated heterocycles. The molecule has 6 nitrogen and oxygen atoms in total. The molecule has 1 atom stereocenters. The van der Waals surface area contributed by atoms with E-state index in [1.807, 2.05) is 12.1 Å². The number of rotatable bonds is 8. The highest BCUT2D eigenvalue weighted by Crippen LogP contribution is 2.25. The fourth-order valence-corrected chi connectivity index (χ4v) is 3.59. The predicted molar refractivity (Wildman–Crippen MR) is 99.4 cm³/mol. The fraction of sp³-hybridized carbons (Fsp3) is 0.611. The number of benzene rings is 1. The van der Waals surface area contributed by atoms with Crippen LogP contribution in [0.3, 0.4) is 0 Å². The Labute approximate surface area is 150 Å². The van der Waals surface area contributed by atoms with Gasteiger partial charge in [0.25, 0.3) is 0 Å². The minimum absolute atomic E-state index is 0.102. The number of nitrogens with two attached hydrogens (primary N) is 1. The van der Waals surface area contributed by atoms with Gasteiger partial charge in [0.15, 0.2) is 0 Å². The number of hydrogen-bond acceptors (Lipinski definition) is 5. The van der Waals surface area contributed by atoms with Gasteiger partial charge in [0.05, 0.1) is 18.4 Å². The molecular formula is C18H28N2O4S. The van der Waals surface area contributed by atoms with Gasteiger partial charge in [-0.25, -0.2) is 8.42 Å². The lowest BCUT2D eigenvalue weighted by Gasteiger charge is -2.21. The number of amides is 1. The fourth-order valence-electron chi connectivity index (χ4n) is 2.91. The molecule has 1 unspecified atom stereocenters. The Bertz CT molecular complexity index is 652. The van der Waals surface area contributed by atoms with Gasteiger partial charge in [-0.15, -0.1) is 0 Å². The molecule has 140 valence electrons. The highest BCUT2D eigenvalue weighted by Gasteiger charge is 2.16. The quantitative estimate of drug-likeness (QED) is 0.734. The number of hydrogen-bond donors (Lipinski definition) is 2. The molecular weight excluding hydrogens is 340 g/mol. The summed E-state index contributed by atoms with van der Waals surface area (Å²) in [6, 6.07) is 6.31. The molecule has 0 radical (unpaired) electrons. The summed E-state index contributed by atoms with van der Waals surface area (Å²) in [5, 5.41) is 2.70. The number of anilines is 1. The van der Waals surface area contributed by atoms with E-state index in [1.165, 1.54) is 32.1 Å². The first-order chi connectivity index (χ1) is 11.8. The van der Waals surface area contributed by atoms with Crippen molar-refractivity contribution in [1.82, 2.24) is 0 Å². The monoisotopic (exact) mass is 368 g/mol. The Morgan fingerprint density at radius 2 is 1.88 bits per heavy atom. The van der Waals surface area contributed by atoms with Crippen LogP contribution in [-0.2, 0) is 14.6 Å². The Morgan fingerprint density at radius 1 is 1.24 bits per heavy atom. The SMILES string of the molecule is CS(=O)(=O)CCC(N)C(=O)Nc1ccc(OCC2CCCCC2)cc1. The number of nitrogens with one attached hydrogen (secondary N) is 1. The van der Waals surface area contributed by atoms with E-state index in [4.69, 9.17) is 10.5 Å². The van der Waals surface area contributed by atoms with Crippen LogP contribution in [0.15, 0.2) is 24.3 Å². The second-order valence-electron chi connectivity index (χ2n) is 6.85. The predicted octanol–water partition coefficient (Wildman–Crippen LogP) is 2.35. The van der Waals surface area contributed by atoms with Crippen molar-refractivity contribution >= 4 is 21.4 Å². The average Bonchev–Trinajstić information content (AvgIpc) is 2.59. The van der Waals surface area contributed by atoms with Crippen LogP contribution in [-0.4, -0.2) is 39.0 Å². The van der Waals surface area contributed by atoms with E-state index < -0.39 is 15.9 Å². The third kappa shape index (κ3) is 7.44. The third-order valence-electron chi connectivity index (χ3n) is 4.47. The van der Waals surface area contributed by atoms with Crippen LogP contribution in [0.2, 0.25) is 0 Å². The van der Waals surface area contributed by atoms with Gasteiger partial charge in [-0.3, -0.25) is 4.79 Å². The minimum atomic E-state index is -3.12. The minimum Gasteiger partial charge on any atom is -0.493 e. The van der Waals surface area contributed by atoms with Crippen molar-refractivity contribution in [3.05, 3.63) is 24.3 Å². The summed E-state index contributed by atoms with van der Waals surface area (Å²) in [5.74, 6) is 0.931. The van der Waals surface area contributed by atoms with E-state index >= 15 is 0 Å². The zero-order valence-corrected chi connectivity index (χ0v) is 15.6. The zero-order chi connectivity index (χ0) is 18.3.